The SMILES string of the molecule is CCC(C)OCc1csc(CNC(C)(C)C)n1. The van der Waals surface area contributed by atoms with Crippen molar-refractivity contribution in [1.82, 2.24) is 10.3 Å². The number of hydrogen-bond acceptors (Lipinski definition) is 4. The molecule has 1 aromatic rings. The van der Waals surface area contributed by atoms with Gasteiger partial charge in [-0.25, -0.2) is 4.98 Å². The molecule has 1 aromatic heterocycles. The molecule has 0 aromatic carbocycles. The summed E-state index contributed by atoms with van der Waals surface area (Å²) in [6, 6.07) is 0. The molecule has 3 nitrogen and oxygen atoms in total. The average molecular weight is 256 g/mol. The molecule has 0 radical (unpaired) electrons. The maximum Gasteiger partial charge on any atom is 0.107 e. The number of nitrogens with one attached hydrogen (secondary N) is 1. The van der Waals surface area contributed by atoms with Crippen LogP contribution in [0.15, 0.2) is 5.38 Å². The molecule has 98 valence electrons. The van der Waals surface area contributed by atoms with Crippen molar-refractivity contribution >= 4 is 11.3 Å². The van der Waals surface area contributed by atoms with Crippen LogP contribution in [0.4, 0.5) is 0 Å². The Kier molecular flexibility index (Phi) is 5.56. The molecule has 17 heavy (non-hydrogen) atoms. The molecule has 1 atom stereocenters. The second-order valence-electron chi connectivity index (χ2n) is 5.37. The van der Waals surface area contributed by atoms with Gasteiger partial charge in [0.2, 0.25) is 0 Å². The number of aromatic nitrogens is 1. The highest BCUT2D eigenvalue weighted by Gasteiger charge is 2.10. The van der Waals surface area contributed by atoms with E-state index in [1.165, 1.54) is 0 Å². The first-order chi connectivity index (χ1) is 7.90. The molecule has 1 N–H and O–H groups in total. The quantitative estimate of drug-likeness (QED) is 0.847. The van der Waals surface area contributed by atoms with E-state index in [4.69, 9.17) is 4.74 Å². The van der Waals surface area contributed by atoms with Crippen LogP contribution in [-0.4, -0.2) is 16.6 Å². The van der Waals surface area contributed by atoms with E-state index in [1.807, 2.05) is 0 Å². The first kappa shape index (κ1) is 14.6. The fraction of sp³-hybridized carbons (Fsp3) is 0.769. The molecule has 0 aliphatic heterocycles. The zero-order valence-corrected chi connectivity index (χ0v) is 12.4. The third-order valence-electron chi connectivity index (χ3n) is 2.46. The second kappa shape index (κ2) is 6.47. The lowest BCUT2D eigenvalue weighted by molar-refractivity contribution is 0.0491. The maximum atomic E-state index is 5.66. The monoisotopic (exact) mass is 256 g/mol. The summed E-state index contributed by atoms with van der Waals surface area (Å²) in [6.45, 7) is 12.2. The Morgan fingerprint density at radius 1 is 1.47 bits per heavy atom. The van der Waals surface area contributed by atoms with Crippen molar-refractivity contribution < 1.29 is 4.74 Å². The molecule has 1 unspecified atom stereocenters. The molecular weight excluding hydrogens is 232 g/mol. The Labute approximate surface area is 109 Å². The van der Waals surface area contributed by atoms with E-state index in [-0.39, 0.29) is 5.54 Å². The van der Waals surface area contributed by atoms with Crippen LogP contribution in [0.3, 0.4) is 0 Å². The number of rotatable bonds is 6. The summed E-state index contributed by atoms with van der Waals surface area (Å²) < 4.78 is 5.66. The van der Waals surface area contributed by atoms with Crippen molar-refractivity contribution in [3.8, 4) is 0 Å². The van der Waals surface area contributed by atoms with Crippen LogP contribution in [0.5, 0.6) is 0 Å². The zero-order chi connectivity index (χ0) is 12.9. The van der Waals surface area contributed by atoms with Gasteiger partial charge in [-0.1, -0.05) is 6.92 Å². The summed E-state index contributed by atoms with van der Waals surface area (Å²) in [5.41, 5.74) is 1.18. The van der Waals surface area contributed by atoms with E-state index >= 15 is 0 Å². The minimum Gasteiger partial charge on any atom is -0.372 e. The van der Waals surface area contributed by atoms with Crippen LogP contribution in [0.2, 0.25) is 0 Å². The van der Waals surface area contributed by atoms with Gasteiger partial charge in [-0.05, 0) is 34.1 Å². The van der Waals surface area contributed by atoms with Gasteiger partial charge >= 0.3 is 0 Å². The van der Waals surface area contributed by atoms with Crippen molar-refractivity contribution in [2.45, 2.75) is 65.8 Å². The lowest BCUT2D eigenvalue weighted by Crippen LogP contribution is -2.35. The number of ether oxygens (including phenoxy) is 1. The van der Waals surface area contributed by atoms with Gasteiger partial charge in [0.1, 0.15) is 5.01 Å². The third-order valence-corrected chi connectivity index (χ3v) is 3.36. The van der Waals surface area contributed by atoms with Crippen LogP contribution >= 0.6 is 11.3 Å². The number of thiazole rings is 1. The van der Waals surface area contributed by atoms with Crippen molar-refractivity contribution in [1.29, 1.82) is 0 Å². The molecule has 4 heteroatoms. The highest BCUT2D eigenvalue weighted by molar-refractivity contribution is 7.09. The molecule has 0 spiro atoms. The minimum atomic E-state index is 0.138. The predicted octanol–water partition coefficient (Wildman–Crippen LogP) is 3.35. The zero-order valence-electron chi connectivity index (χ0n) is 11.5. The topological polar surface area (TPSA) is 34.1 Å². The van der Waals surface area contributed by atoms with Gasteiger partial charge < -0.3 is 10.1 Å². The van der Waals surface area contributed by atoms with Crippen molar-refractivity contribution in [2.24, 2.45) is 0 Å². The Morgan fingerprint density at radius 3 is 2.76 bits per heavy atom. The number of hydrogen-bond donors (Lipinski definition) is 1. The summed E-state index contributed by atoms with van der Waals surface area (Å²) in [5, 5.41) is 6.65. The highest BCUT2D eigenvalue weighted by Crippen LogP contribution is 2.13. The standard InChI is InChI=1S/C13H24N2OS/c1-6-10(2)16-8-11-9-17-12(15-11)7-14-13(3,4)5/h9-10,14H,6-8H2,1-5H3. The van der Waals surface area contributed by atoms with E-state index in [9.17, 15) is 0 Å². The Balaban J connectivity index is 2.37. The van der Waals surface area contributed by atoms with Crippen LogP contribution in [0.1, 0.15) is 51.7 Å². The Morgan fingerprint density at radius 2 is 2.18 bits per heavy atom. The van der Waals surface area contributed by atoms with Gasteiger partial charge in [0, 0.05) is 17.5 Å². The number of nitrogens with zero attached hydrogens (tertiary/aromatic N) is 1. The fourth-order valence-electron chi connectivity index (χ4n) is 1.18. The largest absolute Gasteiger partial charge is 0.372 e. The van der Waals surface area contributed by atoms with Crippen LogP contribution in [0, 0.1) is 0 Å². The first-order valence-corrected chi connectivity index (χ1v) is 7.08. The molecule has 0 fully saturated rings. The molecule has 1 rings (SSSR count). The maximum absolute atomic E-state index is 5.66. The Bertz CT molecular complexity index is 330. The summed E-state index contributed by atoms with van der Waals surface area (Å²) >= 11 is 1.70. The molecular formula is C13H24N2OS. The van der Waals surface area contributed by atoms with Crippen molar-refractivity contribution in [3.63, 3.8) is 0 Å². The van der Waals surface area contributed by atoms with Crippen LogP contribution < -0.4 is 5.32 Å². The second-order valence-corrected chi connectivity index (χ2v) is 6.31. The fourth-order valence-corrected chi connectivity index (χ4v) is 1.90. The lowest BCUT2D eigenvalue weighted by Gasteiger charge is -2.19. The molecule has 0 saturated carbocycles. The van der Waals surface area contributed by atoms with Gasteiger partial charge in [0.25, 0.3) is 0 Å². The lowest BCUT2D eigenvalue weighted by atomic mass is 10.1. The molecule has 0 aliphatic carbocycles. The van der Waals surface area contributed by atoms with Crippen molar-refractivity contribution in [3.05, 3.63) is 16.1 Å². The van der Waals surface area contributed by atoms with E-state index in [0.717, 1.165) is 23.7 Å². The summed E-state index contributed by atoms with van der Waals surface area (Å²) in [5.74, 6) is 0. The van der Waals surface area contributed by atoms with Gasteiger partial charge in [0.05, 0.1) is 18.4 Å². The van der Waals surface area contributed by atoms with E-state index in [1.54, 1.807) is 11.3 Å². The van der Waals surface area contributed by atoms with Gasteiger partial charge in [0.15, 0.2) is 0 Å². The van der Waals surface area contributed by atoms with Crippen molar-refractivity contribution in [2.75, 3.05) is 0 Å². The van der Waals surface area contributed by atoms with Gasteiger partial charge in [-0.3, -0.25) is 0 Å². The molecule has 0 bridgehead atoms. The van der Waals surface area contributed by atoms with E-state index < -0.39 is 0 Å². The van der Waals surface area contributed by atoms with Crippen LogP contribution in [0.25, 0.3) is 0 Å². The van der Waals surface area contributed by atoms with Crippen LogP contribution in [-0.2, 0) is 17.9 Å². The van der Waals surface area contributed by atoms with Gasteiger partial charge in [-0.15, -0.1) is 11.3 Å². The van der Waals surface area contributed by atoms with Gasteiger partial charge in [-0.2, -0.15) is 0 Å². The Hall–Kier alpha value is -0.450. The minimum absolute atomic E-state index is 0.138. The summed E-state index contributed by atoms with van der Waals surface area (Å²) in [4.78, 5) is 4.55. The smallest absolute Gasteiger partial charge is 0.107 e. The summed E-state index contributed by atoms with van der Waals surface area (Å²) in [7, 11) is 0. The first-order valence-electron chi connectivity index (χ1n) is 6.20. The average Bonchev–Trinajstić information content (AvgIpc) is 2.70. The molecule has 1 heterocycles. The predicted molar refractivity (Wildman–Crippen MR) is 73.2 cm³/mol. The highest BCUT2D eigenvalue weighted by atomic mass is 32.1. The van der Waals surface area contributed by atoms with E-state index in [2.05, 4.69) is 50.3 Å². The molecule has 0 aliphatic rings. The molecule has 0 saturated heterocycles. The normalized spacial score (nSPS) is 13.9. The molecule has 0 amide bonds. The third kappa shape index (κ3) is 6.15. The summed E-state index contributed by atoms with van der Waals surface area (Å²) in [6.07, 6.45) is 1.36. The van der Waals surface area contributed by atoms with E-state index in [0.29, 0.717) is 12.7 Å².